The Hall–Kier alpha value is -0.400. The van der Waals surface area contributed by atoms with Gasteiger partial charge in [0.05, 0.1) is 16.0 Å². The average Bonchev–Trinajstić information content (AvgIpc) is 2.94. The number of likely N-dealkylation sites (N-methyl/N-ethyl adjacent to an activating group) is 1. The summed E-state index contributed by atoms with van der Waals surface area (Å²) in [7, 11) is -2.35. The van der Waals surface area contributed by atoms with Crippen LogP contribution in [0.25, 0.3) is 0 Å². The fraction of sp³-hybridized carbons (Fsp3) is 0.538. The highest BCUT2D eigenvalue weighted by Crippen LogP contribution is 2.27. The second-order valence-corrected chi connectivity index (χ2v) is 7.62. The molecule has 1 aliphatic heterocycles. The molecule has 21 heavy (non-hydrogen) atoms. The maximum Gasteiger partial charge on any atom is 0.243 e. The number of sulfonamides is 1. The lowest BCUT2D eigenvalue weighted by atomic mass is 10.2. The van der Waals surface area contributed by atoms with Crippen molar-refractivity contribution in [1.82, 2.24) is 4.31 Å². The van der Waals surface area contributed by atoms with Gasteiger partial charge in [-0.05, 0) is 30.5 Å². The van der Waals surface area contributed by atoms with E-state index in [0.717, 1.165) is 18.9 Å². The molecule has 1 saturated heterocycles. The van der Waals surface area contributed by atoms with Crippen LogP contribution in [0.5, 0.6) is 0 Å². The number of halogens is 3. The van der Waals surface area contributed by atoms with Gasteiger partial charge in [-0.25, -0.2) is 12.8 Å². The lowest BCUT2D eigenvalue weighted by molar-refractivity contribution is 0.0979. The SMILES string of the molecule is CN(CC1CCCO1)S(=O)(=O)c1cc(F)c(Cl)c(CCl)c1. The number of benzene rings is 1. The predicted octanol–water partition coefficient (Wildman–Crippen LogP) is 3.02. The Labute approximate surface area is 133 Å². The number of alkyl halides is 1. The summed E-state index contributed by atoms with van der Waals surface area (Å²) in [6.45, 7) is 0.882. The second kappa shape index (κ2) is 6.79. The van der Waals surface area contributed by atoms with Crippen LogP contribution in [0.15, 0.2) is 17.0 Å². The Morgan fingerprint density at radius 1 is 1.48 bits per heavy atom. The second-order valence-electron chi connectivity index (χ2n) is 4.93. The van der Waals surface area contributed by atoms with Crippen molar-refractivity contribution < 1.29 is 17.5 Å². The molecule has 0 spiro atoms. The smallest absolute Gasteiger partial charge is 0.243 e. The first-order chi connectivity index (χ1) is 9.86. The van der Waals surface area contributed by atoms with Crippen LogP contribution < -0.4 is 0 Å². The maximum atomic E-state index is 13.7. The number of nitrogens with zero attached hydrogens (tertiary/aromatic N) is 1. The van der Waals surface area contributed by atoms with Crippen LogP contribution in [0.1, 0.15) is 18.4 Å². The van der Waals surface area contributed by atoms with Gasteiger partial charge in [0.15, 0.2) is 0 Å². The van der Waals surface area contributed by atoms with Crippen LogP contribution in [0.2, 0.25) is 5.02 Å². The van der Waals surface area contributed by atoms with Gasteiger partial charge in [0.25, 0.3) is 0 Å². The molecule has 0 N–H and O–H groups in total. The first kappa shape index (κ1) is 17.0. The van der Waals surface area contributed by atoms with Gasteiger partial charge in [-0.1, -0.05) is 11.6 Å². The molecule has 0 aliphatic carbocycles. The van der Waals surface area contributed by atoms with E-state index < -0.39 is 15.8 Å². The van der Waals surface area contributed by atoms with E-state index in [4.69, 9.17) is 27.9 Å². The van der Waals surface area contributed by atoms with Gasteiger partial charge in [-0.2, -0.15) is 4.31 Å². The summed E-state index contributed by atoms with van der Waals surface area (Å²) in [5.74, 6) is -0.854. The highest BCUT2D eigenvalue weighted by atomic mass is 35.5. The van der Waals surface area contributed by atoms with Crippen LogP contribution in [0, 0.1) is 5.82 Å². The summed E-state index contributed by atoms with van der Waals surface area (Å²) >= 11 is 11.4. The van der Waals surface area contributed by atoms with Crippen LogP contribution >= 0.6 is 23.2 Å². The first-order valence-electron chi connectivity index (χ1n) is 6.48. The van der Waals surface area contributed by atoms with Gasteiger partial charge < -0.3 is 4.74 Å². The molecule has 1 heterocycles. The molecule has 1 unspecified atom stereocenters. The lowest BCUT2D eigenvalue weighted by Crippen LogP contribution is -2.34. The van der Waals surface area contributed by atoms with E-state index in [1.807, 2.05) is 0 Å². The third kappa shape index (κ3) is 3.68. The molecule has 0 radical (unpaired) electrons. The molecule has 8 heteroatoms. The zero-order chi connectivity index (χ0) is 15.6. The van der Waals surface area contributed by atoms with Crippen molar-refractivity contribution >= 4 is 33.2 Å². The molecule has 0 amide bonds. The van der Waals surface area contributed by atoms with Gasteiger partial charge in [-0.15, -0.1) is 11.6 Å². The zero-order valence-corrected chi connectivity index (χ0v) is 13.8. The zero-order valence-electron chi connectivity index (χ0n) is 11.5. The fourth-order valence-electron chi connectivity index (χ4n) is 2.22. The molecule has 118 valence electrons. The normalized spacial score (nSPS) is 19.4. The Morgan fingerprint density at radius 2 is 2.19 bits per heavy atom. The topological polar surface area (TPSA) is 46.6 Å². The largest absolute Gasteiger partial charge is 0.377 e. The van der Waals surface area contributed by atoms with E-state index in [1.54, 1.807) is 0 Å². The van der Waals surface area contributed by atoms with E-state index in [-0.39, 0.29) is 34.0 Å². The highest BCUT2D eigenvalue weighted by molar-refractivity contribution is 7.89. The Morgan fingerprint density at radius 3 is 2.76 bits per heavy atom. The van der Waals surface area contributed by atoms with Gasteiger partial charge in [0.1, 0.15) is 5.82 Å². The molecule has 4 nitrogen and oxygen atoms in total. The van der Waals surface area contributed by atoms with Crippen LogP contribution in [-0.2, 0) is 20.6 Å². The molecule has 2 rings (SSSR count). The fourth-order valence-corrected chi connectivity index (χ4v) is 3.94. The van der Waals surface area contributed by atoms with Gasteiger partial charge in [0.2, 0.25) is 10.0 Å². The number of hydrogen-bond acceptors (Lipinski definition) is 3. The molecule has 0 bridgehead atoms. The van der Waals surface area contributed by atoms with Crippen molar-refractivity contribution in [2.75, 3.05) is 20.2 Å². The highest BCUT2D eigenvalue weighted by Gasteiger charge is 2.27. The quantitative estimate of drug-likeness (QED) is 0.762. The summed E-state index contributed by atoms with van der Waals surface area (Å²) in [6, 6.07) is 2.22. The van der Waals surface area contributed by atoms with E-state index in [2.05, 4.69) is 0 Å². The molecule has 1 aliphatic rings. The summed E-state index contributed by atoms with van der Waals surface area (Å²) < 4.78 is 45.3. The summed E-state index contributed by atoms with van der Waals surface area (Å²) in [6.07, 6.45) is 1.63. The average molecular weight is 356 g/mol. The third-order valence-electron chi connectivity index (χ3n) is 3.41. The van der Waals surface area contributed by atoms with Crippen LogP contribution in [-0.4, -0.2) is 39.0 Å². The van der Waals surface area contributed by atoms with Crippen molar-refractivity contribution in [1.29, 1.82) is 0 Å². The monoisotopic (exact) mass is 355 g/mol. The summed E-state index contributed by atoms with van der Waals surface area (Å²) in [5, 5.41) is -0.147. The number of hydrogen-bond donors (Lipinski definition) is 0. The van der Waals surface area contributed by atoms with Crippen molar-refractivity contribution in [3.05, 3.63) is 28.5 Å². The van der Waals surface area contributed by atoms with E-state index in [1.165, 1.54) is 17.4 Å². The number of ether oxygens (including phenoxy) is 1. The Bertz CT molecular complexity index is 618. The lowest BCUT2D eigenvalue weighted by Gasteiger charge is -2.21. The van der Waals surface area contributed by atoms with E-state index >= 15 is 0 Å². The van der Waals surface area contributed by atoms with Crippen molar-refractivity contribution in [3.8, 4) is 0 Å². The van der Waals surface area contributed by atoms with Gasteiger partial charge >= 0.3 is 0 Å². The summed E-state index contributed by atoms with van der Waals surface area (Å²) in [5.41, 5.74) is 0.252. The minimum atomic E-state index is -3.80. The van der Waals surface area contributed by atoms with Crippen molar-refractivity contribution in [2.45, 2.75) is 29.7 Å². The minimum absolute atomic E-state index is 0.0609. The molecule has 1 aromatic rings. The Balaban J connectivity index is 2.27. The predicted molar refractivity (Wildman–Crippen MR) is 79.8 cm³/mol. The van der Waals surface area contributed by atoms with E-state index in [0.29, 0.717) is 6.61 Å². The molecule has 1 aromatic carbocycles. The first-order valence-corrected chi connectivity index (χ1v) is 8.83. The molecule has 0 aromatic heterocycles. The molecule has 1 fully saturated rings. The Kier molecular flexibility index (Phi) is 5.48. The third-order valence-corrected chi connectivity index (χ3v) is 5.93. The molecule has 0 saturated carbocycles. The standard InChI is InChI=1S/C13H16Cl2FNO3S/c1-17(8-10-3-2-4-20-10)21(18,19)11-5-9(7-14)13(15)12(16)6-11/h5-6,10H,2-4,7-8H2,1H3. The van der Waals surface area contributed by atoms with Gasteiger partial charge in [0, 0.05) is 26.1 Å². The molecular weight excluding hydrogens is 340 g/mol. The molecule has 1 atom stereocenters. The van der Waals surface area contributed by atoms with Gasteiger partial charge in [-0.3, -0.25) is 0 Å². The van der Waals surface area contributed by atoms with Crippen LogP contribution in [0.3, 0.4) is 0 Å². The summed E-state index contributed by atoms with van der Waals surface area (Å²) in [4.78, 5) is -0.152. The van der Waals surface area contributed by atoms with Crippen molar-refractivity contribution in [3.63, 3.8) is 0 Å². The van der Waals surface area contributed by atoms with Crippen molar-refractivity contribution in [2.24, 2.45) is 0 Å². The maximum absolute atomic E-state index is 13.7. The van der Waals surface area contributed by atoms with E-state index in [9.17, 15) is 12.8 Å². The number of rotatable bonds is 5. The minimum Gasteiger partial charge on any atom is -0.377 e. The van der Waals surface area contributed by atoms with Crippen LogP contribution in [0.4, 0.5) is 4.39 Å². The molecular formula is C13H16Cl2FNO3S.